The van der Waals surface area contributed by atoms with Crippen LogP contribution in [0.1, 0.15) is 54.9 Å². The molecule has 1 heterocycles. The maximum absolute atomic E-state index is 6.19. The molecule has 1 saturated heterocycles. The average molecular weight is 227 g/mol. The molecule has 0 bridgehead atoms. The largest absolute Gasteiger partial charge is 0.369 e. The molecule has 0 amide bonds. The van der Waals surface area contributed by atoms with E-state index in [9.17, 15) is 0 Å². The van der Waals surface area contributed by atoms with Gasteiger partial charge < -0.3 is 10.1 Å². The second kappa shape index (κ2) is 3.99. The minimum absolute atomic E-state index is 0.00845. The molecule has 1 aliphatic heterocycles. The molecule has 2 unspecified atom stereocenters. The zero-order chi connectivity index (χ0) is 12.8. The molecule has 2 nitrogen and oxygen atoms in total. The van der Waals surface area contributed by atoms with E-state index in [0.717, 1.165) is 6.42 Å². The van der Waals surface area contributed by atoms with Crippen LogP contribution in [0.15, 0.2) is 0 Å². The Hall–Kier alpha value is -0.0800. The third kappa shape index (κ3) is 2.78. The standard InChI is InChI=1S/C14H29NO/c1-12(2,3)11(15-8)10-9-13(4,5)16-14(10,6)7/h10-11,15H,9H2,1-8H3. The maximum atomic E-state index is 6.19. The highest BCUT2D eigenvalue weighted by Gasteiger charge is 2.50. The highest BCUT2D eigenvalue weighted by Crippen LogP contribution is 2.46. The lowest BCUT2D eigenvalue weighted by Crippen LogP contribution is -2.50. The van der Waals surface area contributed by atoms with Crippen LogP contribution in [0.25, 0.3) is 0 Å². The van der Waals surface area contributed by atoms with Gasteiger partial charge in [-0.3, -0.25) is 0 Å². The molecule has 0 aliphatic carbocycles. The van der Waals surface area contributed by atoms with E-state index in [0.29, 0.717) is 12.0 Å². The van der Waals surface area contributed by atoms with Crippen molar-refractivity contribution in [2.24, 2.45) is 11.3 Å². The molecule has 0 saturated carbocycles. The molecule has 0 spiro atoms. The third-order valence-electron chi connectivity index (χ3n) is 3.79. The van der Waals surface area contributed by atoms with Crippen molar-refractivity contribution in [2.75, 3.05) is 7.05 Å². The molecule has 0 aromatic heterocycles. The molecule has 1 aliphatic rings. The predicted octanol–water partition coefficient (Wildman–Crippen LogP) is 3.21. The quantitative estimate of drug-likeness (QED) is 0.782. The first kappa shape index (κ1) is 14.0. The number of nitrogens with one attached hydrogen (secondary N) is 1. The van der Waals surface area contributed by atoms with Gasteiger partial charge in [0.1, 0.15) is 0 Å². The van der Waals surface area contributed by atoms with Crippen molar-refractivity contribution in [1.82, 2.24) is 5.32 Å². The maximum Gasteiger partial charge on any atom is 0.0677 e. The van der Waals surface area contributed by atoms with E-state index in [-0.39, 0.29) is 16.6 Å². The summed E-state index contributed by atoms with van der Waals surface area (Å²) in [6.07, 6.45) is 1.13. The van der Waals surface area contributed by atoms with Crippen LogP contribution in [-0.2, 0) is 4.74 Å². The first-order valence-corrected chi connectivity index (χ1v) is 6.37. The van der Waals surface area contributed by atoms with E-state index in [1.165, 1.54) is 0 Å². The Morgan fingerprint density at radius 2 is 1.69 bits per heavy atom. The summed E-state index contributed by atoms with van der Waals surface area (Å²) in [5, 5.41) is 3.50. The van der Waals surface area contributed by atoms with E-state index in [2.05, 4.69) is 60.8 Å². The van der Waals surface area contributed by atoms with Crippen molar-refractivity contribution in [3.63, 3.8) is 0 Å². The Morgan fingerprint density at radius 1 is 1.19 bits per heavy atom. The van der Waals surface area contributed by atoms with Gasteiger partial charge in [0, 0.05) is 12.0 Å². The zero-order valence-electron chi connectivity index (χ0n) is 12.3. The molecular weight excluding hydrogens is 198 g/mol. The molecule has 96 valence electrons. The normalized spacial score (nSPS) is 30.4. The van der Waals surface area contributed by atoms with Crippen LogP contribution < -0.4 is 5.32 Å². The van der Waals surface area contributed by atoms with Gasteiger partial charge in [-0.2, -0.15) is 0 Å². The Bertz CT molecular complexity index is 250. The van der Waals surface area contributed by atoms with E-state index in [1.54, 1.807) is 0 Å². The van der Waals surface area contributed by atoms with Crippen LogP contribution in [0.3, 0.4) is 0 Å². The predicted molar refractivity (Wildman–Crippen MR) is 69.7 cm³/mol. The highest BCUT2D eigenvalue weighted by molar-refractivity contribution is 5.02. The average Bonchev–Trinajstić information content (AvgIpc) is 2.17. The first-order valence-electron chi connectivity index (χ1n) is 6.37. The lowest BCUT2D eigenvalue weighted by Gasteiger charge is -2.40. The third-order valence-corrected chi connectivity index (χ3v) is 3.79. The highest BCUT2D eigenvalue weighted by atomic mass is 16.5. The molecule has 0 aromatic rings. The van der Waals surface area contributed by atoms with Crippen LogP contribution in [0.5, 0.6) is 0 Å². The fourth-order valence-electron chi connectivity index (χ4n) is 3.36. The van der Waals surface area contributed by atoms with Crippen molar-refractivity contribution in [3.8, 4) is 0 Å². The van der Waals surface area contributed by atoms with Crippen molar-refractivity contribution < 1.29 is 4.74 Å². The second-order valence-corrected chi connectivity index (χ2v) is 7.41. The van der Waals surface area contributed by atoms with Gasteiger partial charge in [0.05, 0.1) is 11.2 Å². The number of hydrogen-bond donors (Lipinski definition) is 1. The van der Waals surface area contributed by atoms with Crippen LogP contribution in [-0.4, -0.2) is 24.3 Å². The van der Waals surface area contributed by atoms with Gasteiger partial charge >= 0.3 is 0 Å². The monoisotopic (exact) mass is 227 g/mol. The smallest absolute Gasteiger partial charge is 0.0677 e. The van der Waals surface area contributed by atoms with Crippen LogP contribution in [0.2, 0.25) is 0 Å². The summed E-state index contributed by atoms with van der Waals surface area (Å²) in [7, 11) is 2.07. The van der Waals surface area contributed by atoms with E-state index < -0.39 is 0 Å². The van der Waals surface area contributed by atoms with Crippen LogP contribution in [0.4, 0.5) is 0 Å². The molecule has 2 atom stereocenters. The van der Waals surface area contributed by atoms with Gasteiger partial charge in [0.25, 0.3) is 0 Å². The summed E-state index contributed by atoms with van der Waals surface area (Å²) in [4.78, 5) is 0. The van der Waals surface area contributed by atoms with Gasteiger partial charge in [0.15, 0.2) is 0 Å². The van der Waals surface area contributed by atoms with Gasteiger partial charge in [-0.1, -0.05) is 20.8 Å². The van der Waals surface area contributed by atoms with E-state index >= 15 is 0 Å². The fraction of sp³-hybridized carbons (Fsp3) is 1.00. The van der Waals surface area contributed by atoms with E-state index in [4.69, 9.17) is 4.74 Å². The van der Waals surface area contributed by atoms with Gasteiger partial charge in [-0.25, -0.2) is 0 Å². The molecule has 1 fully saturated rings. The Labute approximate surface area is 101 Å². The number of rotatable bonds is 2. The summed E-state index contributed by atoms with van der Waals surface area (Å²) in [6.45, 7) is 15.7. The summed E-state index contributed by atoms with van der Waals surface area (Å²) >= 11 is 0. The summed E-state index contributed by atoms with van der Waals surface area (Å²) in [6, 6.07) is 0.490. The Balaban J connectivity index is 2.95. The lowest BCUT2D eigenvalue weighted by atomic mass is 9.71. The molecule has 0 aromatic carbocycles. The zero-order valence-corrected chi connectivity index (χ0v) is 12.3. The molecule has 16 heavy (non-hydrogen) atoms. The molecule has 1 N–H and O–H groups in total. The minimum atomic E-state index is -0.0372. The van der Waals surface area contributed by atoms with E-state index in [1.807, 2.05) is 0 Å². The van der Waals surface area contributed by atoms with Crippen LogP contribution >= 0.6 is 0 Å². The summed E-state index contributed by atoms with van der Waals surface area (Å²) in [5.41, 5.74) is 0.236. The SMILES string of the molecule is CNC(C1CC(C)(C)OC1(C)C)C(C)(C)C. The molecule has 1 rings (SSSR count). The number of ether oxygens (including phenoxy) is 1. The second-order valence-electron chi connectivity index (χ2n) is 7.41. The molecule has 2 heteroatoms. The summed E-state index contributed by atoms with van der Waals surface area (Å²) < 4.78 is 6.19. The fourth-order valence-corrected chi connectivity index (χ4v) is 3.36. The topological polar surface area (TPSA) is 21.3 Å². The van der Waals surface area contributed by atoms with Gasteiger partial charge in [-0.05, 0) is 46.6 Å². The van der Waals surface area contributed by atoms with Crippen molar-refractivity contribution in [3.05, 3.63) is 0 Å². The van der Waals surface area contributed by atoms with Crippen molar-refractivity contribution in [1.29, 1.82) is 0 Å². The van der Waals surface area contributed by atoms with Crippen molar-refractivity contribution in [2.45, 2.75) is 72.1 Å². The summed E-state index contributed by atoms with van der Waals surface area (Å²) in [5.74, 6) is 0.562. The van der Waals surface area contributed by atoms with Crippen LogP contribution in [0, 0.1) is 11.3 Å². The molecular formula is C14H29NO. The Morgan fingerprint density at radius 3 is 1.94 bits per heavy atom. The van der Waals surface area contributed by atoms with Crippen molar-refractivity contribution >= 4 is 0 Å². The number of hydrogen-bond acceptors (Lipinski definition) is 2. The lowest BCUT2D eigenvalue weighted by molar-refractivity contribution is -0.0812. The molecule has 0 radical (unpaired) electrons. The Kier molecular flexibility index (Phi) is 3.49. The minimum Gasteiger partial charge on any atom is -0.369 e. The first-order chi connectivity index (χ1) is 6.99. The van der Waals surface area contributed by atoms with Gasteiger partial charge in [-0.15, -0.1) is 0 Å². The van der Waals surface area contributed by atoms with Gasteiger partial charge in [0.2, 0.25) is 0 Å².